The van der Waals surface area contributed by atoms with Crippen molar-refractivity contribution in [1.82, 2.24) is 9.97 Å². The molecule has 59 heavy (non-hydrogen) atoms. The summed E-state index contributed by atoms with van der Waals surface area (Å²) < 4.78 is 20.1. The SMILES string of the molecule is CC1(C)c2cc(F)c[c-]c2-c2ncccc2C1(C)C.Cc1cc2c(oc3cc(-c4ccccc4)ccc32)c(C)c1-c1c[c-]c(-c2ccc(-c3ccccc3)cn2)cc1.[Ir]. The Labute approximate surface area is 359 Å². The van der Waals surface area contributed by atoms with E-state index in [1.54, 1.807) is 12.3 Å². The van der Waals surface area contributed by atoms with Crippen LogP contribution in [0, 0.1) is 31.8 Å². The molecule has 10 rings (SSSR count). The van der Waals surface area contributed by atoms with Gasteiger partial charge in [-0.2, -0.15) is 0 Å². The maximum Gasteiger partial charge on any atom is 0.138 e. The van der Waals surface area contributed by atoms with E-state index in [1.807, 2.05) is 36.5 Å². The Bertz CT molecular complexity index is 2950. The number of hydrogen-bond acceptors (Lipinski definition) is 3. The molecule has 1 radical (unpaired) electrons. The largest absolute Gasteiger partial charge is 0.456 e. The van der Waals surface area contributed by atoms with Crippen LogP contribution < -0.4 is 0 Å². The summed E-state index contributed by atoms with van der Waals surface area (Å²) >= 11 is 0. The molecule has 3 nitrogen and oxygen atoms in total. The minimum absolute atomic E-state index is 0. The molecule has 0 fully saturated rings. The molecule has 0 N–H and O–H groups in total. The van der Waals surface area contributed by atoms with Gasteiger partial charge in [-0.25, -0.2) is 0 Å². The second-order valence-corrected chi connectivity index (χ2v) is 16.3. The zero-order valence-electron chi connectivity index (χ0n) is 33.9. The van der Waals surface area contributed by atoms with Crippen molar-refractivity contribution in [2.75, 3.05) is 0 Å². The molecule has 5 heteroatoms. The fourth-order valence-corrected chi connectivity index (χ4v) is 8.53. The van der Waals surface area contributed by atoms with Crippen LogP contribution in [-0.4, -0.2) is 9.97 Å². The van der Waals surface area contributed by atoms with Gasteiger partial charge in [0.1, 0.15) is 11.2 Å². The molecule has 0 unspecified atom stereocenters. The number of hydrogen-bond donors (Lipinski definition) is 0. The van der Waals surface area contributed by atoms with Gasteiger partial charge in [-0.3, -0.25) is 4.39 Å². The minimum Gasteiger partial charge on any atom is -0.456 e. The first-order chi connectivity index (χ1) is 28.0. The summed E-state index contributed by atoms with van der Waals surface area (Å²) in [7, 11) is 0. The smallest absolute Gasteiger partial charge is 0.138 e. The standard InChI is InChI=1S/C37H26NO.C17H17FN.Ir/c1-24-21-33-32-19-17-30(26-9-5-3-6-10-26)22-35(32)39-37(33)25(2)36(24)29-15-13-28(14-16-29)34-20-18-31(23-38-34)27-11-7-4-8-12-27;1-16(2)13-6-5-9-19-15(13)12-8-7-11(18)10-14(12)17(16,3)4;/h3-13,15-23H,1-2H3;5-7,9-10H,1-4H3;/q2*-1;. The minimum atomic E-state index is -0.234. The van der Waals surface area contributed by atoms with Gasteiger partial charge >= 0.3 is 0 Å². The van der Waals surface area contributed by atoms with Crippen molar-refractivity contribution in [1.29, 1.82) is 0 Å². The number of aryl methyl sites for hydroxylation is 2. The molecule has 0 aliphatic heterocycles. The number of nitrogens with zero attached hydrogens (tertiary/aromatic N) is 2. The summed E-state index contributed by atoms with van der Waals surface area (Å²) in [6.07, 6.45) is 3.72. The van der Waals surface area contributed by atoms with Crippen molar-refractivity contribution in [3.05, 3.63) is 192 Å². The Hall–Kier alpha value is -6.00. The molecule has 0 bridgehead atoms. The van der Waals surface area contributed by atoms with Crippen LogP contribution in [0.15, 0.2) is 156 Å². The van der Waals surface area contributed by atoms with Gasteiger partial charge in [0.05, 0.1) is 0 Å². The Morgan fingerprint density at radius 2 is 1.27 bits per heavy atom. The van der Waals surface area contributed by atoms with E-state index in [4.69, 9.17) is 9.40 Å². The molecular weight excluding hydrogens is 904 g/mol. The first-order valence-corrected chi connectivity index (χ1v) is 19.7. The van der Waals surface area contributed by atoms with Gasteiger partial charge in [-0.05, 0) is 88.1 Å². The van der Waals surface area contributed by atoms with Crippen molar-refractivity contribution in [2.24, 2.45) is 0 Å². The Morgan fingerprint density at radius 3 is 1.95 bits per heavy atom. The quantitative estimate of drug-likeness (QED) is 0.165. The van der Waals surface area contributed by atoms with E-state index in [2.05, 4.69) is 156 Å². The number of halogens is 1. The molecule has 0 saturated heterocycles. The summed E-state index contributed by atoms with van der Waals surface area (Å²) in [6.45, 7) is 13.0. The first-order valence-electron chi connectivity index (χ1n) is 19.7. The Morgan fingerprint density at radius 1 is 0.593 bits per heavy atom. The molecule has 9 aromatic rings. The number of fused-ring (bicyclic) bond motifs is 6. The second kappa shape index (κ2) is 15.6. The van der Waals surface area contributed by atoms with E-state index in [0.29, 0.717) is 0 Å². The number of pyridine rings is 2. The summed E-state index contributed by atoms with van der Waals surface area (Å²) in [6, 6.07) is 53.7. The van der Waals surface area contributed by atoms with Gasteiger partial charge in [0.25, 0.3) is 0 Å². The number of rotatable bonds is 4. The Balaban J connectivity index is 0.000000203. The molecule has 3 heterocycles. The third-order valence-corrected chi connectivity index (χ3v) is 12.4. The molecular formula is C54H43FIrN2O-2. The summed E-state index contributed by atoms with van der Waals surface area (Å²) in [4.78, 5) is 9.21. The van der Waals surface area contributed by atoms with Gasteiger partial charge in [0.2, 0.25) is 0 Å². The van der Waals surface area contributed by atoms with Crippen LogP contribution in [0.4, 0.5) is 4.39 Å². The van der Waals surface area contributed by atoms with Crippen molar-refractivity contribution in [3.8, 4) is 55.9 Å². The number of aromatic nitrogens is 2. The van der Waals surface area contributed by atoms with Crippen molar-refractivity contribution in [3.63, 3.8) is 0 Å². The molecule has 0 atom stereocenters. The molecule has 6 aromatic carbocycles. The zero-order valence-corrected chi connectivity index (χ0v) is 36.3. The van der Waals surface area contributed by atoms with Crippen LogP contribution in [0.3, 0.4) is 0 Å². The van der Waals surface area contributed by atoms with E-state index >= 15 is 0 Å². The third kappa shape index (κ3) is 7.03. The van der Waals surface area contributed by atoms with Crippen LogP contribution in [0.5, 0.6) is 0 Å². The fourth-order valence-electron chi connectivity index (χ4n) is 8.53. The van der Waals surface area contributed by atoms with Gasteiger partial charge in [0, 0.05) is 49.1 Å². The van der Waals surface area contributed by atoms with Crippen LogP contribution in [-0.2, 0) is 30.9 Å². The van der Waals surface area contributed by atoms with Crippen LogP contribution in [0.2, 0.25) is 0 Å². The summed E-state index contributed by atoms with van der Waals surface area (Å²) in [5.74, 6) is -0.234. The number of furan rings is 1. The van der Waals surface area contributed by atoms with E-state index in [-0.39, 0.29) is 36.8 Å². The maximum atomic E-state index is 13.6. The van der Waals surface area contributed by atoms with Crippen LogP contribution in [0.25, 0.3) is 77.8 Å². The van der Waals surface area contributed by atoms with E-state index in [1.165, 1.54) is 33.9 Å². The van der Waals surface area contributed by atoms with Gasteiger partial charge < -0.3 is 14.4 Å². The predicted octanol–water partition coefficient (Wildman–Crippen LogP) is 14.3. The summed E-state index contributed by atoms with van der Waals surface area (Å²) in [5.41, 5.74) is 16.8. The molecule has 293 valence electrons. The number of benzene rings is 6. The van der Waals surface area contributed by atoms with Gasteiger partial charge in [-0.15, -0.1) is 59.2 Å². The molecule has 1 aliphatic rings. The van der Waals surface area contributed by atoms with Crippen molar-refractivity contribution >= 4 is 21.9 Å². The van der Waals surface area contributed by atoms with Crippen LogP contribution >= 0.6 is 0 Å². The van der Waals surface area contributed by atoms with Crippen LogP contribution in [0.1, 0.15) is 49.9 Å². The van der Waals surface area contributed by atoms with E-state index in [0.717, 1.165) is 72.3 Å². The topological polar surface area (TPSA) is 38.9 Å². The molecule has 3 aromatic heterocycles. The zero-order chi connectivity index (χ0) is 40.2. The van der Waals surface area contributed by atoms with E-state index < -0.39 is 0 Å². The Kier molecular flexibility index (Phi) is 10.6. The van der Waals surface area contributed by atoms with Gasteiger partial charge in [-0.1, -0.05) is 135 Å². The van der Waals surface area contributed by atoms with Crippen molar-refractivity contribution in [2.45, 2.75) is 52.4 Å². The average Bonchev–Trinajstić information content (AvgIpc) is 3.62. The molecule has 0 spiro atoms. The first kappa shape index (κ1) is 39.8. The molecule has 0 saturated carbocycles. The predicted molar refractivity (Wildman–Crippen MR) is 236 cm³/mol. The fraction of sp³-hybridized carbons (Fsp3) is 0.148. The second-order valence-electron chi connectivity index (χ2n) is 16.3. The average molecular weight is 947 g/mol. The normalized spacial score (nSPS) is 13.5. The maximum absolute atomic E-state index is 13.6. The molecule has 1 aliphatic carbocycles. The third-order valence-electron chi connectivity index (χ3n) is 12.4. The van der Waals surface area contributed by atoms with Gasteiger partial charge in [0.15, 0.2) is 0 Å². The van der Waals surface area contributed by atoms with Crippen molar-refractivity contribution < 1.29 is 28.9 Å². The van der Waals surface area contributed by atoms with E-state index in [9.17, 15) is 4.39 Å². The summed E-state index contributed by atoms with van der Waals surface area (Å²) in [5, 5.41) is 2.31. The molecule has 0 amide bonds. The monoisotopic (exact) mass is 947 g/mol.